The Kier molecular flexibility index (Phi) is 1.63. The fourth-order valence-corrected chi connectivity index (χ4v) is 0.703. The molecule has 0 aromatic rings. The van der Waals surface area contributed by atoms with Crippen LogP contribution in [-0.4, -0.2) is 30.2 Å². The summed E-state index contributed by atoms with van der Waals surface area (Å²) in [5, 5.41) is 7.08. The summed E-state index contributed by atoms with van der Waals surface area (Å²) < 4.78 is 0. The van der Waals surface area contributed by atoms with E-state index in [-0.39, 0.29) is 0 Å². The first-order valence-corrected chi connectivity index (χ1v) is 2.79. The highest BCUT2D eigenvalue weighted by Crippen LogP contribution is 1.93. The zero-order valence-electron chi connectivity index (χ0n) is 5.17. The third-order valence-electron chi connectivity index (χ3n) is 1.09. The average molecular weight is 123 g/mol. The molecule has 0 aromatic carbocycles. The van der Waals surface area contributed by atoms with E-state index in [9.17, 15) is 0 Å². The quantitative estimate of drug-likeness (QED) is 0.533. The fraction of sp³-hybridized carbons (Fsp3) is 0.333. The van der Waals surface area contributed by atoms with Crippen LogP contribution in [0.1, 0.15) is 0 Å². The van der Waals surface area contributed by atoms with Crippen molar-refractivity contribution in [2.45, 2.75) is 0 Å². The second-order valence-corrected chi connectivity index (χ2v) is 1.91. The molecule has 48 valence electrons. The van der Waals surface area contributed by atoms with E-state index in [1.807, 2.05) is 4.90 Å². The van der Waals surface area contributed by atoms with Gasteiger partial charge in [-0.3, -0.25) is 5.41 Å². The highest BCUT2D eigenvalue weighted by Gasteiger charge is 2.06. The number of nitrogens with one attached hydrogen (secondary N) is 1. The van der Waals surface area contributed by atoms with Crippen molar-refractivity contribution in [1.29, 1.82) is 5.41 Å². The summed E-state index contributed by atoms with van der Waals surface area (Å²) in [7, 11) is 0. The Morgan fingerprint density at radius 1 is 2.00 bits per heavy atom. The minimum absolute atomic E-state index is 0.428. The first-order chi connectivity index (χ1) is 4.33. The Balaban J connectivity index is 2.40. The summed E-state index contributed by atoms with van der Waals surface area (Å²) in [6, 6.07) is 0. The van der Waals surface area contributed by atoms with Crippen molar-refractivity contribution in [2.24, 2.45) is 4.99 Å². The Morgan fingerprint density at radius 2 is 2.78 bits per heavy atom. The van der Waals surface area contributed by atoms with Gasteiger partial charge in [-0.1, -0.05) is 6.08 Å². The second-order valence-electron chi connectivity index (χ2n) is 1.91. The van der Waals surface area contributed by atoms with E-state index in [2.05, 4.69) is 11.6 Å². The van der Waals surface area contributed by atoms with E-state index < -0.39 is 0 Å². The standard InChI is InChI=1S/C6H9N3/c1-2-3-9-4-6(7)8-5-9/h2,5,7H,1,3-4H2. The van der Waals surface area contributed by atoms with Gasteiger partial charge >= 0.3 is 0 Å². The molecule has 0 atom stereocenters. The van der Waals surface area contributed by atoms with Crippen molar-refractivity contribution in [3.8, 4) is 0 Å². The average Bonchev–Trinajstić information content (AvgIpc) is 2.17. The number of rotatable bonds is 2. The molecule has 1 N–H and O–H groups in total. The molecular weight excluding hydrogens is 114 g/mol. The van der Waals surface area contributed by atoms with Crippen LogP contribution in [0.5, 0.6) is 0 Å². The molecule has 1 rings (SSSR count). The lowest BCUT2D eigenvalue weighted by molar-refractivity contribution is 0.557. The van der Waals surface area contributed by atoms with E-state index in [0.29, 0.717) is 12.4 Å². The summed E-state index contributed by atoms with van der Waals surface area (Å²) >= 11 is 0. The van der Waals surface area contributed by atoms with Crippen LogP contribution in [0.4, 0.5) is 0 Å². The Morgan fingerprint density at radius 3 is 3.22 bits per heavy atom. The molecule has 3 heteroatoms. The fourth-order valence-electron chi connectivity index (χ4n) is 0.703. The van der Waals surface area contributed by atoms with E-state index >= 15 is 0 Å². The first kappa shape index (κ1) is 6.01. The van der Waals surface area contributed by atoms with Crippen LogP contribution < -0.4 is 0 Å². The third-order valence-corrected chi connectivity index (χ3v) is 1.09. The molecule has 0 amide bonds. The SMILES string of the molecule is C=CCN1C=NC(=N)C1. The van der Waals surface area contributed by atoms with Crippen LogP contribution >= 0.6 is 0 Å². The van der Waals surface area contributed by atoms with E-state index in [1.54, 1.807) is 12.4 Å². The van der Waals surface area contributed by atoms with Crippen molar-refractivity contribution in [2.75, 3.05) is 13.1 Å². The minimum Gasteiger partial charge on any atom is -0.351 e. The highest BCUT2D eigenvalue weighted by molar-refractivity contribution is 5.93. The molecule has 0 aliphatic carbocycles. The smallest absolute Gasteiger partial charge is 0.141 e. The van der Waals surface area contributed by atoms with Gasteiger partial charge in [-0.25, -0.2) is 4.99 Å². The molecule has 1 aliphatic rings. The zero-order valence-corrected chi connectivity index (χ0v) is 5.17. The van der Waals surface area contributed by atoms with Gasteiger partial charge in [0, 0.05) is 6.54 Å². The van der Waals surface area contributed by atoms with Crippen molar-refractivity contribution in [1.82, 2.24) is 4.90 Å². The predicted molar refractivity (Wildman–Crippen MR) is 38.0 cm³/mol. The molecule has 0 aromatic heterocycles. The van der Waals surface area contributed by atoms with Gasteiger partial charge in [-0.15, -0.1) is 6.58 Å². The van der Waals surface area contributed by atoms with Gasteiger partial charge in [0.05, 0.1) is 12.9 Å². The van der Waals surface area contributed by atoms with Crippen molar-refractivity contribution in [3.63, 3.8) is 0 Å². The van der Waals surface area contributed by atoms with E-state index in [1.165, 1.54) is 0 Å². The van der Waals surface area contributed by atoms with Crippen molar-refractivity contribution in [3.05, 3.63) is 12.7 Å². The first-order valence-electron chi connectivity index (χ1n) is 2.79. The van der Waals surface area contributed by atoms with Gasteiger partial charge in [-0.05, 0) is 0 Å². The molecule has 3 nitrogen and oxygen atoms in total. The van der Waals surface area contributed by atoms with Crippen molar-refractivity contribution < 1.29 is 0 Å². The normalized spacial score (nSPS) is 16.9. The van der Waals surface area contributed by atoms with Crippen LogP contribution in [0.15, 0.2) is 17.6 Å². The van der Waals surface area contributed by atoms with Gasteiger partial charge in [0.2, 0.25) is 0 Å². The minimum atomic E-state index is 0.428. The molecule has 1 aliphatic heterocycles. The maximum atomic E-state index is 7.08. The molecule has 0 radical (unpaired) electrons. The van der Waals surface area contributed by atoms with Gasteiger partial charge in [0.15, 0.2) is 0 Å². The van der Waals surface area contributed by atoms with E-state index in [0.717, 1.165) is 6.54 Å². The lowest BCUT2D eigenvalue weighted by Gasteiger charge is -2.07. The Hall–Kier alpha value is -1.12. The maximum absolute atomic E-state index is 7.08. The van der Waals surface area contributed by atoms with Crippen LogP contribution in [0, 0.1) is 5.41 Å². The topological polar surface area (TPSA) is 39.5 Å². The molecular formula is C6H9N3. The summed E-state index contributed by atoms with van der Waals surface area (Å²) in [6.07, 6.45) is 3.47. The van der Waals surface area contributed by atoms with Gasteiger partial charge in [0.25, 0.3) is 0 Å². The van der Waals surface area contributed by atoms with Crippen molar-refractivity contribution >= 4 is 12.2 Å². The second kappa shape index (κ2) is 2.44. The van der Waals surface area contributed by atoms with Crippen LogP contribution in [-0.2, 0) is 0 Å². The summed E-state index contributed by atoms with van der Waals surface area (Å²) in [4.78, 5) is 5.70. The zero-order chi connectivity index (χ0) is 6.69. The van der Waals surface area contributed by atoms with Gasteiger partial charge in [0.1, 0.15) is 5.84 Å². The van der Waals surface area contributed by atoms with Crippen LogP contribution in [0.25, 0.3) is 0 Å². The summed E-state index contributed by atoms with van der Waals surface area (Å²) in [5.41, 5.74) is 0. The Bertz CT molecular complexity index is 160. The molecule has 9 heavy (non-hydrogen) atoms. The molecule has 0 saturated heterocycles. The monoisotopic (exact) mass is 123 g/mol. The molecule has 1 heterocycles. The largest absolute Gasteiger partial charge is 0.351 e. The van der Waals surface area contributed by atoms with Gasteiger partial charge < -0.3 is 4.90 Å². The molecule has 0 unspecified atom stereocenters. The summed E-state index contributed by atoms with van der Waals surface area (Å²) in [6.45, 7) is 4.99. The van der Waals surface area contributed by atoms with Crippen LogP contribution in [0.3, 0.4) is 0 Å². The number of hydrogen-bond donors (Lipinski definition) is 1. The summed E-state index contributed by atoms with van der Waals surface area (Å²) in [5.74, 6) is 0.428. The predicted octanol–water partition coefficient (Wildman–Crippen LogP) is 0.494. The molecule has 0 bridgehead atoms. The van der Waals surface area contributed by atoms with E-state index in [4.69, 9.17) is 5.41 Å². The molecule has 0 saturated carbocycles. The Labute approximate surface area is 54.2 Å². The highest BCUT2D eigenvalue weighted by atomic mass is 15.2. The number of nitrogens with zero attached hydrogens (tertiary/aromatic N) is 2. The lowest BCUT2D eigenvalue weighted by Crippen LogP contribution is -2.20. The molecule has 0 fully saturated rings. The lowest BCUT2D eigenvalue weighted by atomic mass is 10.5. The number of hydrogen-bond acceptors (Lipinski definition) is 2. The number of aliphatic imine (C=N–C) groups is 1. The van der Waals surface area contributed by atoms with Crippen LogP contribution in [0.2, 0.25) is 0 Å². The van der Waals surface area contributed by atoms with Gasteiger partial charge in [-0.2, -0.15) is 0 Å². The maximum Gasteiger partial charge on any atom is 0.141 e. The molecule has 0 spiro atoms. The third kappa shape index (κ3) is 1.38. The number of amidine groups is 1.